The Morgan fingerprint density at radius 2 is 1.74 bits per heavy atom. The van der Waals surface area contributed by atoms with Crippen LogP contribution in [0.15, 0.2) is 54.9 Å². The first-order valence-electron chi connectivity index (χ1n) is 11.0. The zero-order chi connectivity index (χ0) is 23.7. The fourth-order valence-electron chi connectivity index (χ4n) is 4.22. The molecule has 0 aliphatic carbocycles. The van der Waals surface area contributed by atoms with Gasteiger partial charge in [-0.15, -0.1) is 11.3 Å². The van der Waals surface area contributed by atoms with Crippen molar-refractivity contribution in [3.8, 4) is 5.75 Å². The second-order valence-electron chi connectivity index (χ2n) is 8.04. The molecule has 0 bridgehead atoms. The fourth-order valence-corrected chi connectivity index (χ4v) is 5.44. The number of thiophene rings is 1. The number of rotatable bonds is 5. The number of ether oxygens (including phenoxy) is 1. The fraction of sp³-hybridized carbons (Fsp3) is 0.240. The maximum atomic E-state index is 13.1. The summed E-state index contributed by atoms with van der Waals surface area (Å²) in [5, 5.41) is 4.37. The highest BCUT2D eigenvalue weighted by Crippen LogP contribution is 2.36. The summed E-state index contributed by atoms with van der Waals surface area (Å²) in [6.45, 7) is 5.37. The number of nitrogens with zero attached hydrogens (tertiary/aromatic N) is 4. The number of carbonyl (C=O) groups is 1. The quantitative estimate of drug-likeness (QED) is 0.410. The third-order valence-corrected chi connectivity index (χ3v) is 7.58. The smallest absolute Gasteiger partial charge is 0.266 e. The first-order valence-corrected chi connectivity index (χ1v) is 12.2. The SMILES string of the molecule is COc1ccc(N2CCN(c3ncnc4sc(C(=O)Nc5ccccc5Cl)c(C)c34)CC2)cc1. The van der Waals surface area contributed by atoms with Gasteiger partial charge in [0.1, 0.15) is 22.7 Å². The van der Waals surface area contributed by atoms with E-state index in [4.69, 9.17) is 16.3 Å². The normalized spacial score (nSPS) is 13.9. The number of amides is 1. The standard InChI is InChI=1S/C25H24ClN5O2S/c1-16-21-23(31-13-11-30(12-14-31)17-7-9-18(33-2)10-8-17)27-15-28-25(21)34-22(16)24(32)29-20-6-4-3-5-19(20)26/h3-10,15H,11-14H2,1-2H3,(H,29,32). The number of halogens is 1. The number of hydrogen-bond donors (Lipinski definition) is 1. The van der Waals surface area contributed by atoms with Crippen LogP contribution in [0.1, 0.15) is 15.2 Å². The summed E-state index contributed by atoms with van der Waals surface area (Å²) in [5.41, 5.74) is 2.66. The summed E-state index contributed by atoms with van der Waals surface area (Å²) in [7, 11) is 1.68. The topological polar surface area (TPSA) is 70.6 Å². The Bertz CT molecular complexity index is 1330. The van der Waals surface area contributed by atoms with Crippen LogP contribution >= 0.6 is 22.9 Å². The Labute approximate surface area is 207 Å². The second-order valence-corrected chi connectivity index (χ2v) is 9.45. The number of aromatic nitrogens is 2. The second kappa shape index (κ2) is 9.48. The number of aryl methyl sites for hydroxylation is 1. The third-order valence-electron chi connectivity index (χ3n) is 6.05. The van der Waals surface area contributed by atoms with Crippen molar-refractivity contribution in [1.82, 2.24) is 9.97 Å². The van der Waals surface area contributed by atoms with Gasteiger partial charge in [0.2, 0.25) is 0 Å². The van der Waals surface area contributed by atoms with E-state index in [0.717, 1.165) is 53.5 Å². The Hall–Kier alpha value is -3.36. The van der Waals surface area contributed by atoms with Crippen LogP contribution in [0.4, 0.5) is 17.2 Å². The molecule has 7 nitrogen and oxygen atoms in total. The summed E-state index contributed by atoms with van der Waals surface area (Å²) in [6.07, 6.45) is 1.58. The van der Waals surface area contributed by atoms with E-state index in [0.29, 0.717) is 15.6 Å². The van der Waals surface area contributed by atoms with E-state index in [2.05, 4.69) is 37.2 Å². The molecule has 1 aliphatic rings. The number of methoxy groups -OCH3 is 1. The Kier molecular flexibility index (Phi) is 6.26. The van der Waals surface area contributed by atoms with Gasteiger partial charge in [0.15, 0.2) is 0 Å². The van der Waals surface area contributed by atoms with Crippen molar-refractivity contribution in [3.63, 3.8) is 0 Å². The molecule has 34 heavy (non-hydrogen) atoms. The maximum Gasteiger partial charge on any atom is 0.266 e. The Balaban J connectivity index is 1.37. The van der Waals surface area contributed by atoms with E-state index in [1.54, 1.807) is 25.6 Å². The molecule has 0 saturated carbocycles. The van der Waals surface area contributed by atoms with E-state index in [1.807, 2.05) is 31.2 Å². The number of benzene rings is 2. The molecule has 5 rings (SSSR count). The lowest BCUT2D eigenvalue weighted by atomic mass is 10.1. The summed E-state index contributed by atoms with van der Waals surface area (Å²) >= 11 is 7.60. The molecule has 1 N–H and O–H groups in total. The minimum absolute atomic E-state index is 0.191. The van der Waals surface area contributed by atoms with Gasteiger partial charge in [0, 0.05) is 31.9 Å². The number of piperazine rings is 1. The number of anilines is 3. The van der Waals surface area contributed by atoms with Gasteiger partial charge in [-0.3, -0.25) is 4.79 Å². The molecule has 1 aliphatic heterocycles. The van der Waals surface area contributed by atoms with E-state index in [9.17, 15) is 4.79 Å². The number of fused-ring (bicyclic) bond motifs is 1. The first-order chi connectivity index (χ1) is 16.5. The highest BCUT2D eigenvalue weighted by Gasteiger charge is 2.25. The predicted octanol–water partition coefficient (Wildman–Crippen LogP) is 5.24. The van der Waals surface area contributed by atoms with Crippen LogP contribution in [-0.2, 0) is 0 Å². The van der Waals surface area contributed by atoms with Gasteiger partial charge in [-0.05, 0) is 48.9 Å². The molecular weight excluding hydrogens is 470 g/mol. The Morgan fingerprint density at radius 3 is 2.44 bits per heavy atom. The molecule has 0 radical (unpaired) electrons. The van der Waals surface area contributed by atoms with Crippen LogP contribution < -0.4 is 19.9 Å². The lowest BCUT2D eigenvalue weighted by molar-refractivity contribution is 0.103. The summed E-state index contributed by atoms with van der Waals surface area (Å²) < 4.78 is 5.27. The molecule has 174 valence electrons. The molecule has 2 aromatic heterocycles. The number of carbonyl (C=O) groups excluding carboxylic acids is 1. The van der Waals surface area contributed by atoms with Gasteiger partial charge in [0.05, 0.1) is 28.1 Å². The molecule has 2 aromatic carbocycles. The van der Waals surface area contributed by atoms with E-state index in [1.165, 1.54) is 17.0 Å². The van der Waals surface area contributed by atoms with Gasteiger partial charge in [-0.1, -0.05) is 23.7 Å². The molecule has 1 fully saturated rings. The van der Waals surface area contributed by atoms with Crippen LogP contribution in [0.25, 0.3) is 10.2 Å². The van der Waals surface area contributed by atoms with Gasteiger partial charge in [-0.25, -0.2) is 9.97 Å². The van der Waals surface area contributed by atoms with Gasteiger partial charge in [-0.2, -0.15) is 0 Å². The van der Waals surface area contributed by atoms with Crippen LogP contribution in [-0.4, -0.2) is 49.2 Å². The third kappa shape index (κ3) is 4.26. The molecule has 0 unspecified atom stereocenters. The zero-order valence-corrected chi connectivity index (χ0v) is 20.5. The van der Waals surface area contributed by atoms with E-state index < -0.39 is 0 Å². The average Bonchev–Trinajstić information content (AvgIpc) is 3.22. The average molecular weight is 494 g/mol. The summed E-state index contributed by atoms with van der Waals surface area (Å²) in [6, 6.07) is 15.4. The summed E-state index contributed by atoms with van der Waals surface area (Å²) in [4.78, 5) is 28.2. The van der Waals surface area contributed by atoms with Crippen molar-refractivity contribution in [2.45, 2.75) is 6.92 Å². The first kappa shape index (κ1) is 22.4. The molecule has 4 aromatic rings. The van der Waals surface area contributed by atoms with Crippen LogP contribution in [0.3, 0.4) is 0 Å². The van der Waals surface area contributed by atoms with E-state index in [-0.39, 0.29) is 5.91 Å². The summed E-state index contributed by atoms with van der Waals surface area (Å²) in [5.74, 6) is 1.54. The number of para-hydroxylation sites is 1. The molecule has 9 heteroatoms. The zero-order valence-electron chi connectivity index (χ0n) is 18.9. The molecule has 1 saturated heterocycles. The minimum atomic E-state index is -0.191. The van der Waals surface area contributed by atoms with Crippen LogP contribution in [0.2, 0.25) is 5.02 Å². The molecule has 0 atom stereocenters. The van der Waals surface area contributed by atoms with Crippen molar-refractivity contribution < 1.29 is 9.53 Å². The Morgan fingerprint density at radius 1 is 1.03 bits per heavy atom. The molecule has 3 heterocycles. The largest absolute Gasteiger partial charge is 0.497 e. The van der Waals surface area contributed by atoms with Crippen molar-refractivity contribution >= 4 is 56.3 Å². The van der Waals surface area contributed by atoms with Crippen molar-refractivity contribution in [3.05, 3.63) is 70.3 Å². The molecular formula is C25H24ClN5O2S. The maximum absolute atomic E-state index is 13.1. The monoisotopic (exact) mass is 493 g/mol. The van der Waals surface area contributed by atoms with Crippen LogP contribution in [0.5, 0.6) is 5.75 Å². The predicted molar refractivity (Wildman–Crippen MR) is 139 cm³/mol. The lowest BCUT2D eigenvalue weighted by Crippen LogP contribution is -2.46. The van der Waals surface area contributed by atoms with Crippen molar-refractivity contribution in [2.24, 2.45) is 0 Å². The minimum Gasteiger partial charge on any atom is -0.497 e. The van der Waals surface area contributed by atoms with Crippen molar-refractivity contribution in [2.75, 3.05) is 48.4 Å². The van der Waals surface area contributed by atoms with Gasteiger partial charge in [0.25, 0.3) is 5.91 Å². The molecule has 0 spiro atoms. The number of hydrogen-bond acceptors (Lipinski definition) is 7. The van der Waals surface area contributed by atoms with Crippen LogP contribution in [0, 0.1) is 6.92 Å². The lowest BCUT2D eigenvalue weighted by Gasteiger charge is -2.37. The van der Waals surface area contributed by atoms with Gasteiger partial charge >= 0.3 is 0 Å². The highest BCUT2D eigenvalue weighted by atomic mass is 35.5. The van der Waals surface area contributed by atoms with E-state index >= 15 is 0 Å². The number of nitrogens with one attached hydrogen (secondary N) is 1. The van der Waals surface area contributed by atoms with Gasteiger partial charge < -0.3 is 19.9 Å². The molecule has 1 amide bonds. The van der Waals surface area contributed by atoms with Crippen molar-refractivity contribution in [1.29, 1.82) is 0 Å². The highest BCUT2D eigenvalue weighted by molar-refractivity contribution is 7.20.